The van der Waals surface area contributed by atoms with Gasteiger partial charge in [0.15, 0.2) is 6.61 Å². The molecule has 0 fully saturated rings. The molecule has 0 spiro atoms. The molecule has 1 aliphatic rings. The Bertz CT molecular complexity index is 1090. The summed E-state index contributed by atoms with van der Waals surface area (Å²) in [5, 5.41) is 3.05. The zero-order valence-electron chi connectivity index (χ0n) is 15.3. The second-order valence-electron chi connectivity index (χ2n) is 6.82. The van der Waals surface area contributed by atoms with Gasteiger partial charge in [0.1, 0.15) is 17.4 Å². The molecule has 0 saturated carbocycles. The van der Waals surface area contributed by atoms with Crippen molar-refractivity contribution in [2.75, 3.05) is 11.9 Å². The summed E-state index contributed by atoms with van der Waals surface area (Å²) in [5.74, 6) is 0.399. The Kier molecular flexibility index (Phi) is 5.06. The number of ether oxygens (including phenoxy) is 1. The number of amides is 1. The number of carbonyl (C=O) groups is 1. The van der Waals surface area contributed by atoms with Crippen LogP contribution < -0.4 is 15.6 Å². The molecule has 0 bridgehead atoms. The van der Waals surface area contributed by atoms with Gasteiger partial charge in [0.2, 0.25) is 0 Å². The third kappa shape index (κ3) is 3.88. The maximum atomic E-state index is 13.2. The molecule has 1 amide bonds. The van der Waals surface area contributed by atoms with Gasteiger partial charge in [-0.25, -0.2) is 9.37 Å². The monoisotopic (exact) mass is 381 g/mol. The summed E-state index contributed by atoms with van der Waals surface area (Å²) in [6.45, 7) is 0.431. The highest BCUT2D eigenvalue weighted by molar-refractivity contribution is 5.92. The van der Waals surface area contributed by atoms with Crippen molar-refractivity contribution in [3.8, 4) is 5.75 Å². The van der Waals surface area contributed by atoms with Gasteiger partial charge >= 0.3 is 0 Å². The smallest absolute Gasteiger partial charge is 0.262 e. The molecule has 2 aromatic carbocycles. The number of fused-ring (bicyclic) bond motifs is 2. The average Bonchev–Trinajstić information content (AvgIpc) is 2.92. The van der Waals surface area contributed by atoms with Crippen molar-refractivity contribution < 1.29 is 13.9 Å². The van der Waals surface area contributed by atoms with Gasteiger partial charge in [-0.2, -0.15) is 0 Å². The number of halogens is 1. The fraction of sp³-hybridized carbons (Fsp3) is 0.286. The van der Waals surface area contributed by atoms with Crippen LogP contribution in [0.4, 0.5) is 10.1 Å². The van der Waals surface area contributed by atoms with Gasteiger partial charge in [-0.05, 0) is 49.2 Å². The molecule has 0 atom stereocenters. The number of anilines is 1. The number of nitrogens with zero attached hydrogens (tertiary/aromatic N) is 2. The Morgan fingerprint density at radius 2 is 2.07 bits per heavy atom. The van der Waals surface area contributed by atoms with E-state index in [-0.39, 0.29) is 12.2 Å². The number of carbonyl (C=O) groups excluding carboxylic acids is 1. The molecule has 144 valence electrons. The van der Waals surface area contributed by atoms with E-state index in [1.807, 2.05) is 0 Å². The van der Waals surface area contributed by atoms with E-state index < -0.39 is 11.7 Å². The van der Waals surface area contributed by atoms with Gasteiger partial charge in [0.25, 0.3) is 11.5 Å². The molecule has 4 rings (SSSR count). The second-order valence-corrected chi connectivity index (χ2v) is 6.82. The van der Waals surface area contributed by atoms with E-state index in [9.17, 15) is 14.0 Å². The van der Waals surface area contributed by atoms with Crippen LogP contribution in [-0.4, -0.2) is 22.1 Å². The van der Waals surface area contributed by atoms with Gasteiger partial charge in [-0.1, -0.05) is 12.5 Å². The maximum absolute atomic E-state index is 13.2. The van der Waals surface area contributed by atoms with E-state index in [2.05, 4.69) is 10.3 Å². The topological polar surface area (TPSA) is 73.2 Å². The van der Waals surface area contributed by atoms with Gasteiger partial charge in [-0.3, -0.25) is 14.2 Å². The first-order chi connectivity index (χ1) is 13.6. The normalized spacial score (nSPS) is 13.6. The Morgan fingerprint density at radius 1 is 1.18 bits per heavy atom. The molecule has 3 aromatic rings. The molecule has 1 aliphatic heterocycles. The summed E-state index contributed by atoms with van der Waals surface area (Å²) in [5.41, 5.74) is 0.920. The van der Waals surface area contributed by atoms with Crippen molar-refractivity contribution >= 4 is 22.5 Å². The van der Waals surface area contributed by atoms with E-state index in [1.165, 1.54) is 18.2 Å². The fourth-order valence-corrected chi connectivity index (χ4v) is 3.40. The van der Waals surface area contributed by atoms with Crippen LogP contribution >= 0.6 is 0 Å². The lowest BCUT2D eigenvalue weighted by Gasteiger charge is -2.11. The Labute approximate surface area is 161 Å². The van der Waals surface area contributed by atoms with E-state index in [4.69, 9.17) is 4.74 Å². The lowest BCUT2D eigenvalue weighted by atomic mass is 10.2. The molecule has 6 nitrogen and oxygen atoms in total. The number of hydrogen-bond acceptors (Lipinski definition) is 4. The quantitative estimate of drug-likeness (QED) is 0.753. The predicted molar refractivity (Wildman–Crippen MR) is 104 cm³/mol. The van der Waals surface area contributed by atoms with Crippen molar-refractivity contribution in [1.82, 2.24) is 9.55 Å². The van der Waals surface area contributed by atoms with Crippen LogP contribution in [0.25, 0.3) is 10.9 Å². The van der Waals surface area contributed by atoms with Crippen LogP contribution in [0.2, 0.25) is 0 Å². The molecule has 0 saturated heterocycles. The molecule has 7 heteroatoms. The van der Waals surface area contributed by atoms with Crippen LogP contribution in [0.3, 0.4) is 0 Å². The highest BCUT2D eigenvalue weighted by atomic mass is 19.1. The van der Waals surface area contributed by atoms with Gasteiger partial charge in [-0.15, -0.1) is 0 Å². The Morgan fingerprint density at radius 3 is 2.93 bits per heavy atom. The summed E-state index contributed by atoms with van der Waals surface area (Å²) < 4.78 is 20.4. The predicted octanol–water partition coefficient (Wildman–Crippen LogP) is 3.28. The minimum Gasteiger partial charge on any atom is -0.484 e. The first-order valence-electron chi connectivity index (χ1n) is 9.32. The number of aryl methyl sites for hydroxylation is 1. The fourth-order valence-electron chi connectivity index (χ4n) is 3.40. The summed E-state index contributed by atoms with van der Waals surface area (Å²) in [6, 6.07) is 10.7. The molecule has 1 N–H and O–H groups in total. The zero-order chi connectivity index (χ0) is 19.5. The third-order valence-electron chi connectivity index (χ3n) is 4.77. The summed E-state index contributed by atoms with van der Waals surface area (Å²) in [7, 11) is 0. The van der Waals surface area contributed by atoms with Gasteiger partial charge in [0, 0.05) is 18.7 Å². The second kappa shape index (κ2) is 7.80. The lowest BCUT2D eigenvalue weighted by molar-refractivity contribution is -0.118. The summed E-state index contributed by atoms with van der Waals surface area (Å²) >= 11 is 0. The first-order valence-corrected chi connectivity index (χ1v) is 9.32. The number of aromatic nitrogens is 2. The molecule has 28 heavy (non-hydrogen) atoms. The van der Waals surface area contributed by atoms with Crippen molar-refractivity contribution in [1.29, 1.82) is 0 Å². The number of rotatable bonds is 4. The highest BCUT2D eigenvalue weighted by Crippen LogP contribution is 2.20. The highest BCUT2D eigenvalue weighted by Gasteiger charge is 2.14. The van der Waals surface area contributed by atoms with E-state index in [0.29, 0.717) is 28.9 Å². The largest absolute Gasteiger partial charge is 0.484 e. The summed E-state index contributed by atoms with van der Waals surface area (Å²) in [4.78, 5) is 29.5. The van der Waals surface area contributed by atoms with Gasteiger partial charge < -0.3 is 10.1 Å². The van der Waals surface area contributed by atoms with Crippen molar-refractivity contribution in [2.24, 2.45) is 0 Å². The van der Waals surface area contributed by atoms with E-state index >= 15 is 0 Å². The molecular weight excluding hydrogens is 361 g/mol. The van der Waals surface area contributed by atoms with E-state index in [0.717, 1.165) is 31.5 Å². The standard InChI is InChI=1S/C21H20FN3O3/c22-14-5-4-6-15(11-14)23-20(26)13-28-16-8-9-18-17(12-16)21(27)25-10-3-1-2-7-19(25)24-18/h4-6,8-9,11-12H,1-3,7,10,13H2,(H,23,26). The SMILES string of the molecule is O=C(COc1ccc2nc3n(c(=O)c2c1)CCCCC3)Nc1cccc(F)c1. The number of hydrogen-bond donors (Lipinski definition) is 1. The maximum Gasteiger partial charge on any atom is 0.262 e. The molecule has 1 aromatic heterocycles. The minimum absolute atomic E-state index is 0.0726. The number of benzene rings is 2. The Hall–Kier alpha value is -3.22. The van der Waals surface area contributed by atoms with E-state index in [1.54, 1.807) is 28.8 Å². The first kappa shape index (κ1) is 18.2. The van der Waals surface area contributed by atoms with Gasteiger partial charge in [0.05, 0.1) is 10.9 Å². The summed E-state index contributed by atoms with van der Waals surface area (Å²) in [6.07, 6.45) is 3.91. The van der Waals surface area contributed by atoms with Crippen molar-refractivity contribution in [3.05, 3.63) is 64.5 Å². The van der Waals surface area contributed by atoms with Crippen LogP contribution in [0.1, 0.15) is 25.1 Å². The average molecular weight is 381 g/mol. The third-order valence-corrected chi connectivity index (χ3v) is 4.77. The van der Waals surface area contributed by atoms with Crippen LogP contribution in [0.15, 0.2) is 47.3 Å². The van der Waals surface area contributed by atoms with Crippen LogP contribution in [0, 0.1) is 5.82 Å². The zero-order valence-corrected chi connectivity index (χ0v) is 15.3. The molecular formula is C21H20FN3O3. The molecule has 0 radical (unpaired) electrons. The van der Waals surface area contributed by atoms with Crippen LogP contribution in [0.5, 0.6) is 5.75 Å². The van der Waals surface area contributed by atoms with Crippen LogP contribution in [-0.2, 0) is 17.8 Å². The van der Waals surface area contributed by atoms with Crippen molar-refractivity contribution in [2.45, 2.75) is 32.2 Å². The Balaban J connectivity index is 1.51. The molecule has 2 heterocycles. The van der Waals surface area contributed by atoms with Crippen molar-refractivity contribution in [3.63, 3.8) is 0 Å². The molecule has 0 aliphatic carbocycles. The molecule has 0 unspecified atom stereocenters. The number of nitrogens with one attached hydrogen (secondary N) is 1. The lowest BCUT2D eigenvalue weighted by Crippen LogP contribution is -2.24. The minimum atomic E-state index is -0.430.